The van der Waals surface area contributed by atoms with Crippen LogP contribution in [-0.4, -0.2) is 49.6 Å². The van der Waals surface area contributed by atoms with Gasteiger partial charge in [0.25, 0.3) is 0 Å². The number of hydrogen-bond donors (Lipinski definition) is 1. The molecule has 1 fully saturated rings. The van der Waals surface area contributed by atoms with Gasteiger partial charge in [0.2, 0.25) is 0 Å². The van der Waals surface area contributed by atoms with Crippen LogP contribution in [0.25, 0.3) is 0 Å². The highest BCUT2D eigenvalue weighted by Crippen LogP contribution is 2.19. The van der Waals surface area contributed by atoms with Gasteiger partial charge in [0.15, 0.2) is 0 Å². The minimum Gasteiger partial charge on any atom is -0.313 e. The van der Waals surface area contributed by atoms with Gasteiger partial charge >= 0.3 is 0 Å². The van der Waals surface area contributed by atoms with Crippen molar-refractivity contribution in [1.82, 2.24) is 10.2 Å². The van der Waals surface area contributed by atoms with Gasteiger partial charge in [-0.15, -0.1) is 0 Å². The lowest BCUT2D eigenvalue weighted by molar-refractivity contribution is 0.231. The van der Waals surface area contributed by atoms with E-state index in [1.807, 2.05) is 11.8 Å². The molecule has 0 radical (unpaired) electrons. The summed E-state index contributed by atoms with van der Waals surface area (Å²) in [4.78, 5) is 2.46. The first-order valence-corrected chi connectivity index (χ1v) is 7.56. The molecule has 2 atom stereocenters. The van der Waals surface area contributed by atoms with E-state index in [-0.39, 0.29) is 0 Å². The standard InChI is InChI=1S/C12H26N2S/c1-4-11-5-6-13-12(9-11)10-14(2)7-8-15-3/h11-13H,4-10H2,1-3H3. The minimum atomic E-state index is 0.732. The molecule has 1 saturated heterocycles. The second kappa shape index (κ2) is 7.53. The van der Waals surface area contributed by atoms with Crippen LogP contribution in [0, 0.1) is 5.92 Å². The Morgan fingerprint density at radius 2 is 2.27 bits per heavy atom. The molecular weight excluding hydrogens is 204 g/mol. The third-order valence-electron chi connectivity index (χ3n) is 3.39. The number of piperidine rings is 1. The summed E-state index contributed by atoms with van der Waals surface area (Å²) in [5, 5.41) is 3.64. The van der Waals surface area contributed by atoms with Crippen LogP contribution >= 0.6 is 11.8 Å². The van der Waals surface area contributed by atoms with Gasteiger partial charge in [-0.3, -0.25) is 0 Å². The molecule has 1 rings (SSSR count). The maximum atomic E-state index is 3.64. The van der Waals surface area contributed by atoms with E-state index in [0.717, 1.165) is 12.0 Å². The van der Waals surface area contributed by atoms with E-state index in [1.165, 1.54) is 44.6 Å². The summed E-state index contributed by atoms with van der Waals surface area (Å²) in [7, 11) is 2.24. The fourth-order valence-corrected chi connectivity index (χ4v) is 2.81. The van der Waals surface area contributed by atoms with E-state index in [0.29, 0.717) is 0 Å². The first kappa shape index (κ1) is 13.3. The Balaban J connectivity index is 2.19. The Hall–Kier alpha value is 0.270. The molecule has 3 heteroatoms. The molecule has 0 bridgehead atoms. The topological polar surface area (TPSA) is 15.3 Å². The van der Waals surface area contributed by atoms with E-state index in [2.05, 4.69) is 30.4 Å². The van der Waals surface area contributed by atoms with Crippen molar-refractivity contribution < 1.29 is 0 Å². The lowest BCUT2D eigenvalue weighted by Gasteiger charge is -2.32. The van der Waals surface area contributed by atoms with Crippen molar-refractivity contribution >= 4 is 11.8 Å². The zero-order valence-electron chi connectivity index (χ0n) is 10.5. The molecule has 1 heterocycles. The summed E-state index contributed by atoms with van der Waals surface area (Å²) in [6, 6.07) is 0.732. The van der Waals surface area contributed by atoms with Crippen LogP contribution in [0.5, 0.6) is 0 Å². The lowest BCUT2D eigenvalue weighted by Crippen LogP contribution is -2.45. The SMILES string of the molecule is CCC1CCNC(CN(C)CCSC)C1. The van der Waals surface area contributed by atoms with Crippen molar-refractivity contribution in [3.63, 3.8) is 0 Å². The number of likely N-dealkylation sites (N-methyl/N-ethyl adjacent to an activating group) is 1. The second-order valence-corrected chi connectivity index (χ2v) is 5.69. The van der Waals surface area contributed by atoms with Crippen LogP contribution in [0.15, 0.2) is 0 Å². The monoisotopic (exact) mass is 230 g/mol. The van der Waals surface area contributed by atoms with Crippen LogP contribution in [0.1, 0.15) is 26.2 Å². The average Bonchev–Trinajstić information content (AvgIpc) is 2.26. The first-order chi connectivity index (χ1) is 7.26. The molecule has 1 aliphatic heterocycles. The molecule has 0 aromatic heterocycles. The number of nitrogens with zero attached hydrogens (tertiary/aromatic N) is 1. The molecule has 0 saturated carbocycles. The minimum absolute atomic E-state index is 0.732. The van der Waals surface area contributed by atoms with Crippen molar-refractivity contribution in [2.75, 3.05) is 38.7 Å². The van der Waals surface area contributed by atoms with E-state index in [4.69, 9.17) is 0 Å². The van der Waals surface area contributed by atoms with Crippen LogP contribution in [0.3, 0.4) is 0 Å². The van der Waals surface area contributed by atoms with Gasteiger partial charge in [0, 0.05) is 24.9 Å². The van der Waals surface area contributed by atoms with Crippen molar-refractivity contribution in [2.24, 2.45) is 5.92 Å². The molecule has 1 N–H and O–H groups in total. The maximum Gasteiger partial charge on any atom is 0.0197 e. The van der Waals surface area contributed by atoms with Gasteiger partial charge in [0.05, 0.1) is 0 Å². The van der Waals surface area contributed by atoms with Gasteiger partial charge in [0.1, 0.15) is 0 Å². The third-order valence-corrected chi connectivity index (χ3v) is 3.98. The van der Waals surface area contributed by atoms with E-state index >= 15 is 0 Å². The third kappa shape index (κ3) is 5.23. The quantitative estimate of drug-likeness (QED) is 0.752. The Labute approximate surface area is 99.2 Å². The smallest absolute Gasteiger partial charge is 0.0197 e. The molecule has 2 unspecified atom stereocenters. The molecule has 90 valence electrons. The summed E-state index contributed by atoms with van der Waals surface area (Å²) in [6.07, 6.45) is 6.29. The number of hydrogen-bond acceptors (Lipinski definition) is 3. The Morgan fingerprint density at radius 1 is 1.47 bits per heavy atom. The Morgan fingerprint density at radius 3 is 2.93 bits per heavy atom. The van der Waals surface area contributed by atoms with E-state index < -0.39 is 0 Å². The predicted molar refractivity (Wildman–Crippen MR) is 70.7 cm³/mol. The number of thioether (sulfide) groups is 1. The van der Waals surface area contributed by atoms with Crippen LogP contribution in [0.2, 0.25) is 0 Å². The normalized spacial score (nSPS) is 27.2. The van der Waals surface area contributed by atoms with Gasteiger partial charge < -0.3 is 10.2 Å². The number of rotatable bonds is 6. The second-order valence-electron chi connectivity index (χ2n) is 4.70. The summed E-state index contributed by atoms with van der Waals surface area (Å²) >= 11 is 1.93. The highest BCUT2D eigenvalue weighted by atomic mass is 32.2. The fourth-order valence-electron chi connectivity index (χ4n) is 2.32. The summed E-state index contributed by atoms with van der Waals surface area (Å²) in [5.41, 5.74) is 0. The van der Waals surface area contributed by atoms with E-state index in [1.54, 1.807) is 0 Å². The molecule has 1 aliphatic rings. The molecule has 0 spiro atoms. The van der Waals surface area contributed by atoms with Crippen molar-refractivity contribution in [2.45, 2.75) is 32.2 Å². The largest absolute Gasteiger partial charge is 0.313 e. The van der Waals surface area contributed by atoms with Crippen LogP contribution in [0.4, 0.5) is 0 Å². The lowest BCUT2D eigenvalue weighted by atomic mass is 9.90. The Kier molecular flexibility index (Phi) is 6.69. The molecule has 15 heavy (non-hydrogen) atoms. The van der Waals surface area contributed by atoms with Crippen LogP contribution < -0.4 is 5.32 Å². The van der Waals surface area contributed by atoms with Gasteiger partial charge in [-0.2, -0.15) is 11.8 Å². The van der Waals surface area contributed by atoms with Crippen LogP contribution in [-0.2, 0) is 0 Å². The zero-order valence-corrected chi connectivity index (χ0v) is 11.3. The van der Waals surface area contributed by atoms with Crippen molar-refractivity contribution in [3.05, 3.63) is 0 Å². The van der Waals surface area contributed by atoms with Crippen molar-refractivity contribution in [1.29, 1.82) is 0 Å². The summed E-state index contributed by atoms with van der Waals surface area (Å²) < 4.78 is 0. The zero-order chi connectivity index (χ0) is 11.1. The number of nitrogens with one attached hydrogen (secondary N) is 1. The maximum absolute atomic E-state index is 3.64. The van der Waals surface area contributed by atoms with Gasteiger partial charge in [-0.1, -0.05) is 13.3 Å². The molecule has 2 nitrogen and oxygen atoms in total. The molecule has 0 aromatic carbocycles. The highest BCUT2D eigenvalue weighted by molar-refractivity contribution is 7.98. The predicted octanol–water partition coefficient (Wildman–Crippen LogP) is 2.06. The molecule has 0 aromatic rings. The van der Waals surface area contributed by atoms with Gasteiger partial charge in [-0.05, 0) is 38.6 Å². The summed E-state index contributed by atoms with van der Waals surface area (Å²) in [6.45, 7) is 5.98. The Bertz CT molecular complexity index is 164. The molecule has 0 aliphatic carbocycles. The van der Waals surface area contributed by atoms with Gasteiger partial charge in [-0.25, -0.2) is 0 Å². The van der Waals surface area contributed by atoms with Crippen molar-refractivity contribution in [3.8, 4) is 0 Å². The first-order valence-electron chi connectivity index (χ1n) is 6.17. The van der Waals surface area contributed by atoms with E-state index in [9.17, 15) is 0 Å². The highest BCUT2D eigenvalue weighted by Gasteiger charge is 2.20. The molecular formula is C12H26N2S. The average molecular weight is 230 g/mol. The summed E-state index contributed by atoms with van der Waals surface area (Å²) in [5.74, 6) is 2.21. The molecule has 0 amide bonds. The fraction of sp³-hybridized carbons (Fsp3) is 1.00.